The lowest BCUT2D eigenvalue weighted by atomic mass is 10.2. The Morgan fingerprint density at radius 1 is 1.00 bits per heavy atom. The van der Waals surface area contributed by atoms with Crippen molar-refractivity contribution in [2.24, 2.45) is 0 Å². The van der Waals surface area contributed by atoms with Crippen LogP contribution in [0.3, 0.4) is 0 Å². The van der Waals surface area contributed by atoms with E-state index in [2.05, 4.69) is 28.1 Å². The molecular formula is C15H15N3. The average Bonchev–Trinajstić information content (AvgIpc) is 2.41. The Balaban J connectivity index is 2.03. The van der Waals surface area contributed by atoms with Gasteiger partial charge >= 0.3 is 0 Å². The first-order valence-corrected chi connectivity index (χ1v) is 5.91. The quantitative estimate of drug-likeness (QED) is 0.750. The lowest BCUT2D eigenvalue weighted by molar-refractivity contribution is 0.286. The molecule has 0 spiro atoms. The Bertz CT molecular complexity index is 461. The molecular weight excluding hydrogens is 222 g/mol. The number of pyridine rings is 1. The second kappa shape index (κ2) is 6.53. The molecule has 2 aromatic rings. The first-order valence-electron chi connectivity index (χ1n) is 5.91. The van der Waals surface area contributed by atoms with E-state index >= 15 is 0 Å². The molecule has 0 amide bonds. The summed E-state index contributed by atoms with van der Waals surface area (Å²) in [7, 11) is 0. The van der Waals surface area contributed by atoms with Crippen LogP contribution in [-0.4, -0.2) is 16.4 Å². The number of nitrogens with zero attached hydrogens (tertiary/aromatic N) is 3. The molecule has 0 saturated carbocycles. The van der Waals surface area contributed by atoms with Crippen LogP contribution in [0.5, 0.6) is 0 Å². The lowest BCUT2D eigenvalue weighted by Crippen LogP contribution is -2.23. The van der Waals surface area contributed by atoms with Crippen LogP contribution >= 0.6 is 0 Å². The molecule has 0 atom stereocenters. The molecule has 0 radical (unpaired) electrons. The van der Waals surface area contributed by atoms with Crippen LogP contribution in [-0.2, 0) is 13.1 Å². The van der Waals surface area contributed by atoms with E-state index < -0.39 is 0 Å². The highest BCUT2D eigenvalue weighted by Gasteiger charge is 2.06. The number of aromatic nitrogens is 1. The third-order valence-electron chi connectivity index (χ3n) is 2.66. The van der Waals surface area contributed by atoms with Gasteiger partial charge in [-0.1, -0.05) is 36.4 Å². The molecule has 0 aliphatic carbocycles. The van der Waals surface area contributed by atoms with Crippen molar-refractivity contribution >= 4 is 0 Å². The second-order valence-corrected chi connectivity index (χ2v) is 4.11. The van der Waals surface area contributed by atoms with Gasteiger partial charge < -0.3 is 0 Å². The van der Waals surface area contributed by atoms with E-state index in [0.29, 0.717) is 13.1 Å². The van der Waals surface area contributed by atoms with Gasteiger partial charge in [0.2, 0.25) is 0 Å². The molecule has 0 saturated heterocycles. The Morgan fingerprint density at radius 2 is 1.78 bits per heavy atom. The van der Waals surface area contributed by atoms with Gasteiger partial charge in [-0.15, -0.1) is 0 Å². The summed E-state index contributed by atoms with van der Waals surface area (Å²) in [6, 6.07) is 18.2. The predicted molar refractivity (Wildman–Crippen MR) is 70.4 cm³/mol. The fourth-order valence-corrected chi connectivity index (χ4v) is 1.83. The van der Waals surface area contributed by atoms with Crippen LogP contribution < -0.4 is 0 Å². The van der Waals surface area contributed by atoms with Crippen molar-refractivity contribution in [3.63, 3.8) is 0 Å². The van der Waals surface area contributed by atoms with Crippen molar-refractivity contribution in [2.45, 2.75) is 13.1 Å². The SMILES string of the molecule is N#CCN(Cc1ccccc1)Cc1ccccn1. The summed E-state index contributed by atoms with van der Waals surface area (Å²) in [5, 5.41) is 8.88. The average molecular weight is 237 g/mol. The van der Waals surface area contributed by atoms with Gasteiger partial charge in [-0.05, 0) is 17.7 Å². The minimum Gasteiger partial charge on any atom is -0.280 e. The number of benzene rings is 1. The summed E-state index contributed by atoms with van der Waals surface area (Å²) in [4.78, 5) is 6.37. The smallest absolute Gasteiger partial charge is 0.0872 e. The van der Waals surface area contributed by atoms with E-state index in [1.54, 1.807) is 6.20 Å². The fraction of sp³-hybridized carbons (Fsp3) is 0.200. The zero-order chi connectivity index (χ0) is 12.6. The molecule has 1 aromatic carbocycles. The normalized spacial score (nSPS) is 10.2. The number of hydrogen-bond acceptors (Lipinski definition) is 3. The van der Waals surface area contributed by atoms with Gasteiger partial charge in [0.25, 0.3) is 0 Å². The summed E-state index contributed by atoms with van der Waals surface area (Å²) >= 11 is 0. The van der Waals surface area contributed by atoms with Crippen LogP contribution in [0.2, 0.25) is 0 Å². The maximum absolute atomic E-state index is 8.88. The van der Waals surface area contributed by atoms with Crippen molar-refractivity contribution in [1.29, 1.82) is 5.26 Å². The predicted octanol–water partition coefficient (Wildman–Crippen LogP) is 2.61. The monoisotopic (exact) mass is 237 g/mol. The molecule has 0 unspecified atom stereocenters. The van der Waals surface area contributed by atoms with Gasteiger partial charge in [-0.25, -0.2) is 0 Å². The largest absolute Gasteiger partial charge is 0.280 e. The van der Waals surface area contributed by atoms with E-state index in [4.69, 9.17) is 5.26 Å². The zero-order valence-electron chi connectivity index (χ0n) is 10.2. The van der Waals surface area contributed by atoms with Crippen LogP contribution in [0.25, 0.3) is 0 Å². The van der Waals surface area contributed by atoms with Crippen molar-refractivity contribution in [2.75, 3.05) is 6.54 Å². The van der Waals surface area contributed by atoms with Gasteiger partial charge in [-0.3, -0.25) is 9.88 Å². The van der Waals surface area contributed by atoms with Crippen molar-refractivity contribution in [1.82, 2.24) is 9.88 Å². The van der Waals surface area contributed by atoms with E-state index in [1.165, 1.54) is 5.56 Å². The number of hydrogen-bond donors (Lipinski definition) is 0. The molecule has 0 aliphatic rings. The highest BCUT2D eigenvalue weighted by atomic mass is 15.1. The van der Waals surface area contributed by atoms with E-state index in [1.807, 2.05) is 36.4 Å². The Morgan fingerprint density at radius 3 is 2.44 bits per heavy atom. The molecule has 90 valence electrons. The molecule has 1 aromatic heterocycles. The second-order valence-electron chi connectivity index (χ2n) is 4.11. The molecule has 1 heterocycles. The van der Waals surface area contributed by atoms with Crippen LogP contribution in [0.1, 0.15) is 11.3 Å². The van der Waals surface area contributed by atoms with Gasteiger partial charge in [0.15, 0.2) is 0 Å². The first kappa shape index (κ1) is 12.3. The van der Waals surface area contributed by atoms with Crippen LogP contribution in [0.4, 0.5) is 0 Å². The molecule has 3 heteroatoms. The van der Waals surface area contributed by atoms with Gasteiger partial charge in [-0.2, -0.15) is 5.26 Å². The Hall–Kier alpha value is -2.18. The lowest BCUT2D eigenvalue weighted by Gasteiger charge is -2.18. The zero-order valence-corrected chi connectivity index (χ0v) is 10.2. The molecule has 18 heavy (non-hydrogen) atoms. The van der Waals surface area contributed by atoms with Gasteiger partial charge in [0.1, 0.15) is 0 Å². The highest BCUT2D eigenvalue weighted by molar-refractivity contribution is 5.15. The van der Waals surface area contributed by atoms with Crippen molar-refractivity contribution < 1.29 is 0 Å². The summed E-state index contributed by atoms with van der Waals surface area (Å²) in [5.74, 6) is 0. The Labute approximate surface area is 107 Å². The molecule has 3 nitrogen and oxygen atoms in total. The van der Waals surface area contributed by atoms with Crippen LogP contribution in [0, 0.1) is 11.3 Å². The Kier molecular flexibility index (Phi) is 4.46. The fourth-order valence-electron chi connectivity index (χ4n) is 1.83. The van der Waals surface area contributed by atoms with E-state index in [-0.39, 0.29) is 0 Å². The summed E-state index contributed by atoms with van der Waals surface area (Å²) in [5.41, 5.74) is 2.20. The summed E-state index contributed by atoms with van der Waals surface area (Å²) in [6.07, 6.45) is 1.78. The molecule has 0 aliphatic heterocycles. The number of rotatable bonds is 5. The van der Waals surface area contributed by atoms with E-state index in [9.17, 15) is 0 Å². The van der Waals surface area contributed by atoms with Gasteiger partial charge in [0, 0.05) is 19.3 Å². The standard InChI is InChI=1S/C15H15N3/c16-9-11-18(12-14-6-2-1-3-7-14)13-15-8-4-5-10-17-15/h1-8,10H,11-13H2. The maximum atomic E-state index is 8.88. The summed E-state index contributed by atoms with van der Waals surface area (Å²) in [6.45, 7) is 1.87. The van der Waals surface area contributed by atoms with Gasteiger partial charge in [0.05, 0.1) is 18.3 Å². The number of nitriles is 1. The molecule has 0 N–H and O–H groups in total. The highest BCUT2D eigenvalue weighted by Crippen LogP contribution is 2.07. The van der Waals surface area contributed by atoms with E-state index in [0.717, 1.165) is 12.2 Å². The minimum atomic E-state index is 0.408. The topological polar surface area (TPSA) is 39.9 Å². The minimum absolute atomic E-state index is 0.408. The first-order chi connectivity index (χ1) is 8.88. The van der Waals surface area contributed by atoms with Crippen LogP contribution in [0.15, 0.2) is 54.7 Å². The third-order valence-corrected chi connectivity index (χ3v) is 2.66. The maximum Gasteiger partial charge on any atom is 0.0872 e. The molecule has 2 rings (SSSR count). The molecule has 0 fully saturated rings. The summed E-state index contributed by atoms with van der Waals surface area (Å²) < 4.78 is 0. The molecule has 0 bridgehead atoms. The van der Waals surface area contributed by atoms with Crippen molar-refractivity contribution in [3.8, 4) is 6.07 Å². The van der Waals surface area contributed by atoms with Crippen molar-refractivity contribution in [3.05, 3.63) is 66.0 Å². The third kappa shape index (κ3) is 3.69.